The number of ether oxygens (including phenoxy) is 2. The summed E-state index contributed by atoms with van der Waals surface area (Å²) in [6.45, 7) is 0. The summed E-state index contributed by atoms with van der Waals surface area (Å²) in [6.07, 6.45) is 3.60. The van der Waals surface area contributed by atoms with Gasteiger partial charge < -0.3 is 19.7 Å². The van der Waals surface area contributed by atoms with E-state index in [-0.39, 0.29) is 11.6 Å². The molecule has 0 saturated carbocycles. The van der Waals surface area contributed by atoms with Crippen LogP contribution in [0.3, 0.4) is 0 Å². The number of methoxy groups -OCH3 is 2. The third-order valence-electron chi connectivity index (χ3n) is 3.53. The highest BCUT2D eigenvalue weighted by molar-refractivity contribution is 6.27. The highest BCUT2D eigenvalue weighted by Gasteiger charge is 2.31. The molecule has 132 valence electrons. The molecule has 1 aliphatic heterocycles. The summed E-state index contributed by atoms with van der Waals surface area (Å²) < 4.78 is 9.34. The van der Waals surface area contributed by atoms with Gasteiger partial charge in [0, 0.05) is 11.8 Å². The van der Waals surface area contributed by atoms with Gasteiger partial charge in [0.2, 0.25) is 5.91 Å². The molecule has 0 spiro atoms. The summed E-state index contributed by atoms with van der Waals surface area (Å²) in [5.41, 5.74) is 1.52. The zero-order chi connectivity index (χ0) is 18.4. The molecule has 2 rings (SSSR count). The Balaban J connectivity index is 2.52. The van der Waals surface area contributed by atoms with Crippen LogP contribution in [-0.4, -0.2) is 42.8 Å². The zero-order valence-electron chi connectivity index (χ0n) is 13.7. The fourth-order valence-corrected chi connectivity index (χ4v) is 2.46. The number of halogens is 1. The maximum absolute atomic E-state index is 12.2. The van der Waals surface area contributed by atoms with Crippen LogP contribution >= 0.6 is 11.6 Å². The monoisotopic (exact) mass is 364 g/mol. The average Bonchev–Trinajstić information content (AvgIpc) is 2.65. The van der Waals surface area contributed by atoms with Crippen molar-refractivity contribution < 1.29 is 23.9 Å². The fraction of sp³-hybridized carbons (Fsp3) is 0.235. The number of esters is 2. The Labute approximate surface area is 149 Å². The molecule has 0 fully saturated rings. The molecule has 1 aliphatic rings. The van der Waals surface area contributed by atoms with Crippen LogP contribution in [0, 0.1) is 0 Å². The van der Waals surface area contributed by atoms with Crippen LogP contribution in [0.15, 0.2) is 42.2 Å². The van der Waals surface area contributed by atoms with Crippen LogP contribution in [0.4, 0.5) is 0 Å². The van der Waals surface area contributed by atoms with Gasteiger partial charge in [-0.2, -0.15) is 0 Å². The lowest BCUT2D eigenvalue weighted by molar-refractivity contribution is -0.140. The number of amides is 1. The van der Waals surface area contributed by atoms with Gasteiger partial charge in [0.25, 0.3) is 0 Å². The molecule has 1 amide bonds. The fourth-order valence-electron chi connectivity index (χ4n) is 2.38. The largest absolute Gasteiger partial charge is 0.466 e. The van der Waals surface area contributed by atoms with E-state index in [1.54, 1.807) is 24.4 Å². The predicted molar refractivity (Wildman–Crippen MR) is 91.0 cm³/mol. The summed E-state index contributed by atoms with van der Waals surface area (Å²) in [5.74, 6) is -2.15. The third-order valence-corrected chi connectivity index (χ3v) is 3.77. The number of rotatable bonds is 5. The van der Waals surface area contributed by atoms with E-state index in [4.69, 9.17) is 16.3 Å². The first-order valence-corrected chi connectivity index (χ1v) is 7.84. The number of nitrogens with zero attached hydrogens (tertiary/aromatic N) is 1. The van der Waals surface area contributed by atoms with E-state index in [1.807, 2.05) is 12.1 Å². The molecular formula is C17H17ClN2O5. The SMILES string of the molecule is COC(=O)/C=C(\C(=O)OC)N1C=Cc2ccccc2C1NC(=O)CCl. The van der Waals surface area contributed by atoms with Gasteiger partial charge >= 0.3 is 11.9 Å². The van der Waals surface area contributed by atoms with Crippen LogP contribution in [0.25, 0.3) is 6.08 Å². The molecule has 8 heteroatoms. The standard InChI is InChI=1S/C17H17ClN2O5/c1-24-15(22)9-13(17(23)25-2)20-8-7-11-5-3-4-6-12(11)16(20)19-14(21)10-18/h3-9,16H,10H2,1-2H3,(H,19,21)/b13-9+. The smallest absolute Gasteiger partial charge is 0.355 e. The minimum Gasteiger partial charge on any atom is -0.466 e. The Kier molecular flexibility index (Phi) is 6.19. The van der Waals surface area contributed by atoms with E-state index >= 15 is 0 Å². The highest BCUT2D eigenvalue weighted by Crippen LogP contribution is 2.31. The summed E-state index contributed by atoms with van der Waals surface area (Å²) in [5, 5.41) is 2.73. The number of benzene rings is 1. The van der Waals surface area contributed by atoms with Gasteiger partial charge in [-0.05, 0) is 11.6 Å². The van der Waals surface area contributed by atoms with Gasteiger partial charge in [0.15, 0.2) is 0 Å². The second kappa shape index (κ2) is 8.34. The first kappa shape index (κ1) is 18.5. The summed E-state index contributed by atoms with van der Waals surface area (Å²) in [7, 11) is 2.39. The number of carbonyl (C=O) groups is 3. The topological polar surface area (TPSA) is 84.9 Å². The molecule has 0 aliphatic carbocycles. The van der Waals surface area contributed by atoms with Gasteiger partial charge in [-0.15, -0.1) is 11.6 Å². The van der Waals surface area contributed by atoms with Crippen molar-refractivity contribution in [3.05, 3.63) is 53.4 Å². The summed E-state index contributed by atoms with van der Waals surface area (Å²) >= 11 is 5.59. The number of nitrogens with one attached hydrogen (secondary N) is 1. The molecule has 1 atom stereocenters. The van der Waals surface area contributed by atoms with Gasteiger partial charge in [0.05, 0.1) is 20.3 Å². The Hall–Kier alpha value is -2.80. The number of hydrogen-bond donors (Lipinski definition) is 1. The van der Waals surface area contributed by atoms with E-state index in [0.29, 0.717) is 0 Å². The molecule has 1 aromatic carbocycles. The van der Waals surface area contributed by atoms with Gasteiger partial charge in [-0.3, -0.25) is 4.79 Å². The zero-order valence-corrected chi connectivity index (χ0v) is 14.4. The Morgan fingerprint density at radius 3 is 2.60 bits per heavy atom. The molecule has 0 bridgehead atoms. The Morgan fingerprint density at radius 1 is 1.24 bits per heavy atom. The molecule has 25 heavy (non-hydrogen) atoms. The Bertz CT molecular complexity index is 744. The van der Waals surface area contributed by atoms with Crippen molar-refractivity contribution in [3.63, 3.8) is 0 Å². The van der Waals surface area contributed by atoms with Crippen LogP contribution < -0.4 is 5.32 Å². The van der Waals surface area contributed by atoms with E-state index in [2.05, 4.69) is 10.1 Å². The number of carbonyl (C=O) groups excluding carboxylic acids is 3. The molecule has 1 N–H and O–H groups in total. The lowest BCUT2D eigenvalue weighted by Gasteiger charge is -2.35. The van der Waals surface area contributed by atoms with E-state index in [1.165, 1.54) is 19.1 Å². The molecule has 0 aromatic heterocycles. The molecule has 0 saturated heterocycles. The Morgan fingerprint density at radius 2 is 1.96 bits per heavy atom. The first-order chi connectivity index (χ1) is 12.0. The minimum absolute atomic E-state index is 0.0834. The van der Waals surface area contributed by atoms with Crippen molar-refractivity contribution in [2.45, 2.75) is 6.17 Å². The second-order valence-electron chi connectivity index (χ2n) is 5.00. The number of hydrogen-bond acceptors (Lipinski definition) is 6. The van der Waals surface area contributed by atoms with Crippen LogP contribution in [0.5, 0.6) is 0 Å². The normalized spacial score (nSPS) is 16.0. The summed E-state index contributed by atoms with van der Waals surface area (Å²) in [6, 6.07) is 7.32. The van der Waals surface area contributed by atoms with Gasteiger partial charge in [-0.1, -0.05) is 24.3 Å². The molecule has 1 aromatic rings. The lowest BCUT2D eigenvalue weighted by Crippen LogP contribution is -2.42. The summed E-state index contributed by atoms with van der Waals surface area (Å²) in [4.78, 5) is 37.1. The third kappa shape index (κ3) is 4.19. The number of alkyl halides is 1. The molecular weight excluding hydrogens is 348 g/mol. The maximum Gasteiger partial charge on any atom is 0.355 e. The van der Waals surface area contributed by atoms with Crippen LogP contribution in [0.1, 0.15) is 17.3 Å². The van der Waals surface area contributed by atoms with E-state index < -0.39 is 24.0 Å². The van der Waals surface area contributed by atoms with Crippen molar-refractivity contribution in [1.82, 2.24) is 10.2 Å². The van der Waals surface area contributed by atoms with Crippen molar-refractivity contribution >= 4 is 35.5 Å². The predicted octanol–water partition coefficient (Wildman–Crippen LogP) is 1.56. The first-order valence-electron chi connectivity index (χ1n) is 7.30. The highest BCUT2D eigenvalue weighted by atomic mass is 35.5. The lowest BCUT2D eigenvalue weighted by atomic mass is 10.00. The molecule has 0 radical (unpaired) electrons. The van der Waals surface area contributed by atoms with Crippen molar-refractivity contribution in [2.75, 3.05) is 20.1 Å². The quantitative estimate of drug-likeness (QED) is 0.485. The van der Waals surface area contributed by atoms with E-state index in [9.17, 15) is 14.4 Å². The van der Waals surface area contributed by atoms with Gasteiger partial charge in [0.1, 0.15) is 17.7 Å². The van der Waals surface area contributed by atoms with Crippen LogP contribution in [0.2, 0.25) is 0 Å². The number of fused-ring (bicyclic) bond motifs is 1. The van der Waals surface area contributed by atoms with Gasteiger partial charge in [-0.25, -0.2) is 9.59 Å². The minimum atomic E-state index is -0.750. The van der Waals surface area contributed by atoms with Crippen LogP contribution in [-0.2, 0) is 23.9 Å². The molecule has 1 heterocycles. The molecule has 7 nitrogen and oxygen atoms in total. The molecule has 1 unspecified atom stereocenters. The van der Waals surface area contributed by atoms with Crippen molar-refractivity contribution in [2.24, 2.45) is 0 Å². The average molecular weight is 365 g/mol. The van der Waals surface area contributed by atoms with E-state index in [0.717, 1.165) is 17.2 Å². The maximum atomic E-state index is 12.2. The van der Waals surface area contributed by atoms with Crippen molar-refractivity contribution in [3.8, 4) is 0 Å². The van der Waals surface area contributed by atoms with Crippen molar-refractivity contribution in [1.29, 1.82) is 0 Å². The second-order valence-corrected chi connectivity index (χ2v) is 5.27.